The summed E-state index contributed by atoms with van der Waals surface area (Å²) in [6.45, 7) is 0. The number of esters is 1. The lowest BCUT2D eigenvalue weighted by Gasteiger charge is -2.29. The van der Waals surface area contributed by atoms with Crippen LogP contribution in [0.2, 0.25) is 0 Å². The van der Waals surface area contributed by atoms with Gasteiger partial charge in [0.2, 0.25) is 11.8 Å². The standard InChI is InChI=1S/C14H16N2O4/c1-20-12(17)8-11-14(19)15-10(13(18)16-11)7-9-5-3-2-4-6-9/h2-6,10-11H,7-8H2,1H3,(H,15,19)(H,16,18)/t10-,11+/m0/s1. The molecule has 1 heterocycles. The van der Waals surface area contributed by atoms with Gasteiger partial charge in [-0.2, -0.15) is 0 Å². The van der Waals surface area contributed by atoms with Gasteiger partial charge in [0.25, 0.3) is 0 Å². The molecule has 0 saturated carbocycles. The number of benzene rings is 1. The third-order valence-corrected chi connectivity index (χ3v) is 3.15. The Morgan fingerprint density at radius 2 is 1.70 bits per heavy atom. The number of rotatable bonds is 4. The van der Waals surface area contributed by atoms with Gasteiger partial charge in [0.15, 0.2) is 0 Å². The van der Waals surface area contributed by atoms with E-state index in [1.165, 1.54) is 7.11 Å². The summed E-state index contributed by atoms with van der Waals surface area (Å²) in [7, 11) is 1.24. The van der Waals surface area contributed by atoms with Crippen molar-refractivity contribution >= 4 is 17.8 Å². The largest absolute Gasteiger partial charge is 0.469 e. The van der Waals surface area contributed by atoms with E-state index in [9.17, 15) is 14.4 Å². The molecule has 2 amide bonds. The van der Waals surface area contributed by atoms with Crippen LogP contribution >= 0.6 is 0 Å². The monoisotopic (exact) mass is 276 g/mol. The quantitative estimate of drug-likeness (QED) is 0.744. The van der Waals surface area contributed by atoms with Crippen LogP contribution in [0.4, 0.5) is 0 Å². The predicted molar refractivity (Wildman–Crippen MR) is 70.6 cm³/mol. The van der Waals surface area contributed by atoms with E-state index in [4.69, 9.17) is 0 Å². The van der Waals surface area contributed by atoms with Crippen LogP contribution in [0.25, 0.3) is 0 Å². The first kappa shape index (κ1) is 14.0. The highest BCUT2D eigenvalue weighted by Crippen LogP contribution is 2.08. The van der Waals surface area contributed by atoms with Crippen LogP contribution in [-0.4, -0.2) is 37.0 Å². The summed E-state index contributed by atoms with van der Waals surface area (Å²) in [4.78, 5) is 35.0. The Morgan fingerprint density at radius 3 is 2.35 bits per heavy atom. The number of hydrogen-bond acceptors (Lipinski definition) is 4. The number of carbonyl (C=O) groups is 3. The average molecular weight is 276 g/mol. The van der Waals surface area contributed by atoms with Crippen LogP contribution in [-0.2, 0) is 25.5 Å². The minimum atomic E-state index is -0.859. The third-order valence-electron chi connectivity index (χ3n) is 3.15. The Balaban J connectivity index is 1.98. The topological polar surface area (TPSA) is 84.5 Å². The summed E-state index contributed by atoms with van der Waals surface area (Å²) in [6, 6.07) is 7.94. The van der Waals surface area contributed by atoms with E-state index in [1.807, 2.05) is 30.3 Å². The summed E-state index contributed by atoms with van der Waals surface area (Å²) >= 11 is 0. The second kappa shape index (κ2) is 6.18. The lowest BCUT2D eigenvalue weighted by Crippen LogP contribution is -2.62. The summed E-state index contributed by atoms with van der Waals surface area (Å²) < 4.78 is 4.49. The maximum Gasteiger partial charge on any atom is 0.308 e. The molecule has 1 aliphatic heterocycles. The fourth-order valence-electron chi connectivity index (χ4n) is 2.06. The lowest BCUT2D eigenvalue weighted by molar-refractivity contribution is -0.145. The van der Waals surface area contributed by atoms with Crippen molar-refractivity contribution in [1.82, 2.24) is 10.6 Å². The molecule has 2 atom stereocenters. The van der Waals surface area contributed by atoms with Gasteiger partial charge in [0.1, 0.15) is 12.1 Å². The van der Waals surface area contributed by atoms with Gasteiger partial charge in [-0.05, 0) is 5.56 Å². The van der Waals surface area contributed by atoms with E-state index < -0.39 is 18.1 Å². The molecule has 0 spiro atoms. The van der Waals surface area contributed by atoms with E-state index in [-0.39, 0.29) is 18.2 Å². The van der Waals surface area contributed by atoms with Crippen molar-refractivity contribution in [1.29, 1.82) is 0 Å². The lowest BCUT2D eigenvalue weighted by atomic mass is 10.0. The van der Waals surface area contributed by atoms with E-state index in [1.54, 1.807) is 0 Å². The molecular formula is C14H16N2O4. The second-order valence-electron chi connectivity index (χ2n) is 4.59. The van der Waals surface area contributed by atoms with Gasteiger partial charge in [-0.25, -0.2) is 0 Å². The summed E-state index contributed by atoms with van der Waals surface area (Å²) in [5, 5.41) is 5.19. The van der Waals surface area contributed by atoms with Gasteiger partial charge in [-0.3, -0.25) is 14.4 Å². The molecule has 0 unspecified atom stereocenters. The van der Waals surface area contributed by atoms with Crippen molar-refractivity contribution in [3.05, 3.63) is 35.9 Å². The number of nitrogens with one attached hydrogen (secondary N) is 2. The maximum atomic E-state index is 11.9. The first-order valence-electron chi connectivity index (χ1n) is 6.31. The smallest absolute Gasteiger partial charge is 0.308 e. The molecule has 0 radical (unpaired) electrons. The highest BCUT2D eigenvalue weighted by molar-refractivity contribution is 5.98. The summed E-state index contributed by atoms with van der Waals surface area (Å²) in [5.74, 6) is -1.19. The minimum Gasteiger partial charge on any atom is -0.469 e. The van der Waals surface area contributed by atoms with Gasteiger partial charge >= 0.3 is 5.97 Å². The zero-order valence-corrected chi connectivity index (χ0v) is 11.1. The van der Waals surface area contributed by atoms with Crippen LogP contribution in [0.15, 0.2) is 30.3 Å². The van der Waals surface area contributed by atoms with Gasteiger partial charge in [-0.1, -0.05) is 30.3 Å². The average Bonchev–Trinajstić information content (AvgIpc) is 2.45. The highest BCUT2D eigenvalue weighted by Gasteiger charge is 2.34. The Bertz CT molecular complexity index is 515. The van der Waals surface area contributed by atoms with E-state index in [2.05, 4.69) is 15.4 Å². The molecule has 0 bridgehead atoms. The molecule has 2 rings (SSSR count). The number of methoxy groups -OCH3 is 1. The maximum absolute atomic E-state index is 11.9. The zero-order valence-electron chi connectivity index (χ0n) is 11.1. The van der Waals surface area contributed by atoms with E-state index in [0.29, 0.717) is 6.42 Å². The molecule has 6 nitrogen and oxygen atoms in total. The first-order chi connectivity index (χ1) is 9.60. The molecule has 1 fully saturated rings. The van der Waals surface area contributed by atoms with Crippen molar-refractivity contribution in [3.8, 4) is 0 Å². The van der Waals surface area contributed by atoms with Crippen LogP contribution < -0.4 is 10.6 Å². The minimum absolute atomic E-state index is 0.161. The van der Waals surface area contributed by atoms with Crippen LogP contribution in [0, 0.1) is 0 Å². The predicted octanol–water partition coefficient (Wildman–Crippen LogP) is -0.225. The third kappa shape index (κ3) is 3.34. The molecule has 1 saturated heterocycles. The summed E-state index contributed by atoms with van der Waals surface area (Å²) in [6.07, 6.45) is 0.259. The van der Waals surface area contributed by atoms with Crippen molar-refractivity contribution in [2.45, 2.75) is 24.9 Å². The SMILES string of the molecule is COC(=O)C[C@H]1NC(=O)[C@H](Cc2ccccc2)NC1=O. The molecule has 106 valence electrons. The molecule has 20 heavy (non-hydrogen) atoms. The Hall–Kier alpha value is -2.37. The van der Waals surface area contributed by atoms with Gasteiger partial charge in [-0.15, -0.1) is 0 Å². The summed E-state index contributed by atoms with van der Waals surface area (Å²) in [5.41, 5.74) is 0.958. The van der Waals surface area contributed by atoms with Gasteiger partial charge in [0.05, 0.1) is 13.5 Å². The van der Waals surface area contributed by atoms with E-state index in [0.717, 1.165) is 5.56 Å². The molecule has 2 N–H and O–H groups in total. The Kier molecular flexibility index (Phi) is 4.34. The van der Waals surface area contributed by atoms with Gasteiger partial charge in [0, 0.05) is 6.42 Å². The fourth-order valence-corrected chi connectivity index (χ4v) is 2.06. The van der Waals surface area contributed by atoms with E-state index >= 15 is 0 Å². The number of ether oxygens (including phenoxy) is 1. The molecule has 1 aromatic rings. The first-order valence-corrected chi connectivity index (χ1v) is 6.31. The van der Waals surface area contributed by atoms with Crippen molar-refractivity contribution in [2.75, 3.05) is 7.11 Å². The van der Waals surface area contributed by atoms with Crippen LogP contribution in [0.3, 0.4) is 0 Å². The second-order valence-corrected chi connectivity index (χ2v) is 4.59. The molecule has 1 aliphatic rings. The van der Waals surface area contributed by atoms with Crippen molar-refractivity contribution in [3.63, 3.8) is 0 Å². The molecule has 6 heteroatoms. The molecular weight excluding hydrogens is 260 g/mol. The Labute approximate surface area is 116 Å². The normalized spacial score (nSPS) is 21.9. The highest BCUT2D eigenvalue weighted by atomic mass is 16.5. The molecule has 0 aromatic heterocycles. The number of hydrogen-bond donors (Lipinski definition) is 2. The molecule has 0 aliphatic carbocycles. The fraction of sp³-hybridized carbons (Fsp3) is 0.357. The number of carbonyl (C=O) groups excluding carboxylic acids is 3. The number of piperazine rings is 1. The van der Waals surface area contributed by atoms with Crippen molar-refractivity contribution in [2.24, 2.45) is 0 Å². The van der Waals surface area contributed by atoms with Gasteiger partial charge < -0.3 is 15.4 Å². The Morgan fingerprint density at radius 1 is 1.10 bits per heavy atom. The number of amides is 2. The van der Waals surface area contributed by atoms with Crippen LogP contribution in [0.1, 0.15) is 12.0 Å². The molecule has 1 aromatic carbocycles. The zero-order chi connectivity index (χ0) is 14.5. The van der Waals surface area contributed by atoms with Crippen LogP contribution in [0.5, 0.6) is 0 Å². The van der Waals surface area contributed by atoms with Crippen molar-refractivity contribution < 1.29 is 19.1 Å².